The first-order valence-corrected chi connectivity index (χ1v) is 12.2. The van der Waals surface area contributed by atoms with Crippen molar-refractivity contribution in [3.8, 4) is 11.5 Å². The number of carbonyl (C=O) groups excluding carboxylic acids is 4. The summed E-state index contributed by atoms with van der Waals surface area (Å²) >= 11 is 0. The lowest BCUT2D eigenvalue weighted by atomic mass is 9.92. The second-order valence-electron chi connectivity index (χ2n) is 10.8. The normalized spacial score (nSPS) is 14.1. The second kappa shape index (κ2) is 13.4. The van der Waals surface area contributed by atoms with Crippen LogP contribution in [0, 0.1) is 17.3 Å². The maximum atomic E-state index is 12.6. The van der Waals surface area contributed by atoms with E-state index >= 15 is 0 Å². The molecule has 0 aliphatic rings. The average Bonchev–Trinajstić information content (AvgIpc) is 2.73. The molecule has 0 saturated carbocycles. The Morgan fingerprint density at radius 1 is 0.778 bits per heavy atom. The van der Waals surface area contributed by atoms with Gasteiger partial charge in [0.05, 0.1) is 18.3 Å². The summed E-state index contributed by atoms with van der Waals surface area (Å²) in [4.78, 5) is 48.9. The van der Waals surface area contributed by atoms with Gasteiger partial charge in [0, 0.05) is 0 Å². The summed E-state index contributed by atoms with van der Waals surface area (Å²) < 4.78 is 21.6. The van der Waals surface area contributed by atoms with E-state index < -0.39 is 42.1 Å². The molecule has 1 aromatic rings. The van der Waals surface area contributed by atoms with Crippen molar-refractivity contribution in [3.05, 3.63) is 23.8 Å². The number of ether oxygens (including phenoxy) is 4. The zero-order valence-electron chi connectivity index (χ0n) is 22.9. The number of rotatable bonds is 11. The van der Waals surface area contributed by atoms with E-state index in [4.69, 9.17) is 24.7 Å². The Balaban J connectivity index is 2.89. The van der Waals surface area contributed by atoms with Crippen LogP contribution in [0.5, 0.6) is 11.5 Å². The summed E-state index contributed by atoms with van der Waals surface area (Å²) in [5.41, 5.74) is 6.42. The van der Waals surface area contributed by atoms with Crippen LogP contribution in [0.4, 0.5) is 0 Å². The fourth-order valence-electron chi connectivity index (χ4n) is 2.78. The molecule has 0 fully saturated rings. The Hall–Kier alpha value is -2.94. The van der Waals surface area contributed by atoms with Gasteiger partial charge in [0.1, 0.15) is 18.2 Å². The van der Waals surface area contributed by atoms with Gasteiger partial charge in [0.15, 0.2) is 11.5 Å². The molecule has 1 rings (SSSR count). The van der Waals surface area contributed by atoms with Crippen LogP contribution in [-0.4, -0.2) is 42.1 Å². The van der Waals surface area contributed by atoms with Gasteiger partial charge in [-0.2, -0.15) is 0 Å². The fraction of sp³-hybridized carbons (Fsp3) is 0.630. The zero-order valence-corrected chi connectivity index (χ0v) is 22.9. The molecule has 0 aromatic heterocycles. The molecule has 1 aromatic carbocycles. The molecule has 9 heteroatoms. The fourth-order valence-corrected chi connectivity index (χ4v) is 2.78. The predicted molar refractivity (Wildman–Crippen MR) is 134 cm³/mol. The molecule has 9 nitrogen and oxygen atoms in total. The molecule has 0 aliphatic heterocycles. The molecular formula is C27H41NO8. The number of hydrogen-bond donors (Lipinski definition) is 1. The van der Waals surface area contributed by atoms with Gasteiger partial charge in [-0.1, -0.05) is 54.5 Å². The third kappa shape index (κ3) is 10.8. The van der Waals surface area contributed by atoms with Crippen LogP contribution in [-0.2, 0) is 35.1 Å². The van der Waals surface area contributed by atoms with E-state index in [1.807, 2.05) is 20.8 Å². The van der Waals surface area contributed by atoms with Gasteiger partial charge in [-0.25, -0.2) is 0 Å². The Morgan fingerprint density at radius 2 is 1.28 bits per heavy atom. The van der Waals surface area contributed by atoms with Crippen LogP contribution in [0.25, 0.3) is 0 Å². The molecule has 2 N–H and O–H groups in total. The van der Waals surface area contributed by atoms with E-state index in [0.717, 1.165) is 0 Å². The number of esters is 4. The highest BCUT2D eigenvalue weighted by Gasteiger charge is 2.26. The number of benzene rings is 1. The van der Waals surface area contributed by atoms with Crippen molar-refractivity contribution in [2.24, 2.45) is 23.0 Å². The van der Waals surface area contributed by atoms with Gasteiger partial charge >= 0.3 is 23.9 Å². The van der Waals surface area contributed by atoms with Gasteiger partial charge < -0.3 is 24.7 Å². The highest BCUT2D eigenvalue weighted by atomic mass is 16.6. The van der Waals surface area contributed by atoms with E-state index in [9.17, 15) is 19.2 Å². The van der Waals surface area contributed by atoms with Crippen LogP contribution in [0.3, 0.4) is 0 Å². The largest absolute Gasteiger partial charge is 0.459 e. The molecule has 0 spiro atoms. The Bertz CT molecular complexity index is 932. The minimum atomic E-state index is -1.03. The van der Waals surface area contributed by atoms with E-state index in [-0.39, 0.29) is 41.6 Å². The average molecular weight is 508 g/mol. The first-order chi connectivity index (χ1) is 16.5. The predicted octanol–water partition coefficient (Wildman–Crippen LogP) is 3.98. The van der Waals surface area contributed by atoms with Gasteiger partial charge in [0.25, 0.3) is 0 Å². The van der Waals surface area contributed by atoms with Crippen LogP contribution < -0.4 is 15.2 Å². The minimum Gasteiger partial charge on any atom is -0.459 e. The summed E-state index contributed by atoms with van der Waals surface area (Å²) in [5, 5.41) is 0. The third-order valence-corrected chi connectivity index (χ3v) is 5.09. The zero-order chi connectivity index (χ0) is 27.8. The first kappa shape index (κ1) is 31.1. The SMILES string of the molecule is CC(C)C(=O)Oc1ccc(C[C@H](N)C(=O)O[C@@H](C)[C@H](C)OC(=O)CC(C)(C)C)cc1OC(=O)C(C)C. The third-order valence-electron chi connectivity index (χ3n) is 5.09. The summed E-state index contributed by atoms with van der Waals surface area (Å²) in [5.74, 6) is -2.63. The lowest BCUT2D eigenvalue weighted by Gasteiger charge is -2.24. The highest BCUT2D eigenvalue weighted by Crippen LogP contribution is 2.30. The second-order valence-corrected chi connectivity index (χ2v) is 10.8. The standard InChI is InChI=1S/C27H41NO8/c1-15(2)24(30)35-21-11-10-19(13-22(21)36-25(31)16(3)4)12-20(28)26(32)34-18(6)17(5)33-23(29)14-27(7,8)9/h10-11,13,15-18,20H,12,14,28H2,1-9H3/t17-,18-,20-/m0/s1. The minimum absolute atomic E-state index is 0.0634. The van der Waals surface area contributed by atoms with E-state index in [1.165, 1.54) is 12.1 Å². The Labute approximate surface area is 214 Å². The Kier molecular flexibility index (Phi) is 11.6. The summed E-state index contributed by atoms with van der Waals surface area (Å²) in [6.45, 7) is 15.8. The maximum absolute atomic E-state index is 12.6. The lowest BCUT2D eigenvalue weighted by Crippen LogP contribution is -2.39. The molecule has 3 atom stereocenters. The maximum Gasteiger partial charge on any atom is 0.323 e. The molecule has 0 aliphatic carbocycles. The van der Waals surface area contributed by atoms with Crippen LogP contribution in [0.2, 0.25) is 0 Å². The van der Waals surface area contributed by atoms with Crippen molar-refractivity contribution >= 4 is 23.9 Å². The Morgan fingerprint density at radius 3 is 1.78 bits per heavy atom. The molecule has 0 unspecified atom stereocenters. The van der Waals surface area contributed by atoms with E-state index in [2.05, 4.69) is 0 Å². The molecule has 0 saturated heterocycles. The lowest BCUT2D eigenvalue weighted by molar-refractivity contribution is -0.167. The molecular weight excluding hydrogens is 466 g/mol. The number of carbonyl (C=O) groups is 4. The monoisotopic (exact) mass is 507 g/mol. The summed E-state index contributed by atoms with van der Waals surface area (Å²) in [7, 11) is 0. The first-order valence-electron chi connectivity index (χ1n) is 12.2. The molecule has 0 bridgehead atoms. The van der Waals surface area contributed by atoms with Crippen molar-refractivity contribution in [2.45, 2.75) is 93.4 Å². The van der Waals surface area contributed by atoms with Crippen molar-refractivity contribution in [2.75, 3.05) is 0 Å². The summed E-state index contributed by atoms with van der Waals surface area (Å²) in [6.07, 6.45) is -1.03. The molecule has 0 radical (unpaired) electrons. The topological polar surface area (TPSA) is 131 Å². The van der Waals surface area contributed by atoms with Gasteiger partial charge in [-0.3, -0.25) is 19.2 Å². The smallest absolute Gasteiger partial charge is 0.323 e. The van der Waals surface area contributed by atoms with Gasteiger partial charge in [-0.05, 0) is 43.4 Å². The van der Waals surface area contributed by atoms with Crippen molar-refractivity contribution in [1.82, 2.24) is 0 Å². The highest BCUT2D eigenvalue weighted by molar-refractivity contribution is 5.78. The van der Waals surface area contributed by atoms with Crippen LogP contribution >= 0.6 is 0 Å². The van der Waals surface area contributed by atoms with Gasteiger partial charge in [-0.15, -0.1) is 0 Å². The molecule has 202 valence electrons. The van der Waals surface area contributed by atoms with Crippen molar-refractivity contribution in [1.29, 1.82) is 0 Å². The van der Waals surface area contributed by atoms with Crippen molar-refractivity contribution in [3.63, 3.8) is 0 Å². The molecule has 36 heavy (non-hydrogen) atoms. The number of nitrogens with two attached hydrogens (primary N) is 1. The van der Waals surface area contributed by atoms with Crippen LogP contribution in [0.15, 0.2) is 18.2 Å². The molecule has 0 amide bonds. The summed E-state index contributed by atoms with van der Waals surface area (Å²) in [6, 6.07) is 3.61. The van der Waals surface area contributed by atoms with Crippen LogP contribution in [0.1, 0.15) is 74.3 Å². The quantitative estimate of drug-likeness (QED) is 0.349. The van der Waals surface area contributed by atoms with E-state index in [1.54, 1.807) is 47.6 Å². The van der Waals surface area contributed by atoms with Crippen molar-refractivity contribution < 1.29 is 38.1 Å². The molecule has 0 heterocycles. The van der Waals surface area contributed by atoms with Gasteiger partial charge in [0.2, 0.25) is 0 Å². The number of hydrogen-bond acceptors (Lipinski definition) is 9. The van der Waals surface area contributed by atoms with E-state index in [0.29, 0.717) is 5.56 Å².